The standard InChI is InChI=1S/C23H26Cl2N6O3/c1-11(2)17-18(12(3)6-7-26-17)31-20-15(8-16(24)19(25)27-20)21(28-22(31)32)30-13(4)9-29(23(33)34)10-14(30)5/h6-8,11,13-14H,9-10H2,1-5H3,(H,33,34). The molecule has 9 nitrogen and oxygen atoms in total. The zero-order valence-corrected chi connectivity index (χ0v) is 21.1. The van der Waals surface area contributed by atoms with Crippen molar-refractivity contribution in [1.29, 1.82) is 0 Å². The van der Waals surface area contributed by atoms with Crippen LogP contribution in [0.2, 0.25) is 10.2 Å². The van der Waals surface area contributed by atoms with E-state index in [0.29, 0.717) is 22.5 Å². The predicted molar refractivity (Wildman–Crippen MR) is 133 cm³/mol. The Morgan fingerprint density at radius 1 is 1.18 bits per heavy atom. The Bertz CT molecular complexity index is 1330. The van der Waals surface area contributed by atoms with E-state index in [1.165, 1.54) is 9.47 Å². The van der Waals surface area contributed by atoms with Crippen molar-refractivity contribution in [2.45, 2.75) is 52.6 Å². The summed E-state index contributed by atoms with van der Waals surface area (Å²) in [6, 6.07) is 3.03. The van der Waals surface area contributed by atoms with Gasteiger partial charge in [-0.1, -0.05) is 37.0 Å². The summed E-state index contributed by atoms with van der Waals surface area (Å²) in [6.07, 6.45) is 0.738. The van der Waals surface area contributed by atoms with Crippen molar-refractivity contribution < 1.29 is 9.90 Å². The van der Waals surface area contributed by atoms with E-state index in [4.69, 9.17) is 23.2 Å². The molecule has 1 fully saturated rings. The number of hydrogen-bond donors (Lipinski definition) is 1. The van der Waals surface area contributed by atoms with Crippen LogP contribution < -0.4 is 10.6 Å². The van der Waals surface area contributed by atoms with Gasteiger partial charge in [0.1, 0.15) is 11.0 Å². The molecule has 3 aromatic rings. The van der Waals surface area contributed by atoms with Gasteiger partial charge in [0.05, 0.1) is 21.8 Å². The number of pyridine rings is 2. The van der Waals surface area contributed by atoms with Crippen molar-refractivity contribution in [3.8, 4) is 5.69 Å². The molecule has 4 heterocycles. The average Bonchev–Trinajstić information content (AvgIpc) is 2.75. The molecule has 1 saturated heterocycles. The minimum Gasteiger partial charge on any atom is -0.465 e. The highest BCUT2D eigenvalue weighted by Crippen LogP contribution is 2.34. The molecule has 1 aliphatic rings. The highest BCUT2D eigenvalue weighted by atomic mass is 35.5. The van der Waals surface area contributed by atoms with E-state index < -0.39 is 11.8 Å². The lowest BCUT2D eigenvalue weighted by atomic mass is 10.0. The SMILES string of the molecule is Cc1ccnc(C(C)C)c1-n1c(=O)nc(N2C(C)CN(C(=O)O)CC2C)c2cc(Cl)c(Cl)nc21. The summed E-state index contributed by atoms with van der Waals surface area (Å²) >= 11 is 12.7. The molecule has 2 atom stereocenters. The Labute approximate surface area is 207 Å². The van der Waals surface area contributed by atoms with Crippen LogP contribution in [0, 0.1) is 6.92 Å². The number of piperazine rings is 1. The van der Waals surface area contributed by atoms with E-state index in [-0.39, 0.29) is 41.3 Å². The quantitative estimate of drug-likeness (QED) is 0.523. The third-order valence-corrected chi connectivity index (χ3v) is 6.79. The molecule has 1 amide bonds. The topological polar surface area (TPSA) is 104 Å². The molecule has 11 heteroatoms. The zero-order valence-electron chi connectivity index (χ0n) is 19.6. The Morgan fingerprint density at radius 3 is 2.41 bits per heavy atom. The number of amides is 1. The lowest BCUT2D eigenvalue weighted by molar-refractivity contribution is 0.128. The van der Waals surface area contributed by atoms with Gasteiger partial charge < -0.3 is 14.9 Å². The summed E-state index contributed by atoms with van der Waals surface area (Å²) in [5.41, 5.74) is 2.01. The van der Waals surface area contributed by atoms with Crippen molar-refractivity contribution in [3.05, 3.63) is 50.2 Å². The molecular weight excluding hydrogens is 479 g/mol. The summed E-state index contributed by atoms with van der Waals surface area (Å²) < 4.78 is 1.45. The molecule has 0 radical (unpaired) electrons. The largest absolute Gasteiger partial charge is 0.465 e. The van der Waals surface area contributed by atoms with Crippen LogP contribution in [-0.4, -0.2) is 60.8 Å². The van der Waals surface area contributed by atoms with Crippen molar-refractivity contribution in [2.24, 2.45) is 0 Å². The molecule has 0 spiro atoms. The second kappa shape index (κ2) is 9.03. The van der Waals surface area contributed by atoms with Gasteiger partial charge in [-0.05, 0) is 44.4 Å². The van der Waals surface area contributed by atoms with Gasteiger partial charge in [0.15, 0.2) is 5.65 Å². The number of aryl methyl sites for hydroxylation is 1. The molecule has 0 aromatic carbocycles. The number of halogens is 2. The number of nitrogens with zero attached hydrogens (tertiary/aromatic N) is 6. The van der Waals surface area contributed by atoms with Crippen LogP contribution in [0.25, 0.3) is 16.7 Å². The van der Waals surface area contributed by atoms with E-state index in [1.807, 2.05) is 45.6 Å². The third kappa shape index (κ3) is 4.07. The van der Waals surface area contributed by atoms with Crippen molar-refractivity contribution >= 4 is 46.1 Å². The third-order valence-electron chi connectivity index (χ3n) is 6.12. The fourth-order valence-corrected chi connectivity index (χ4v) is 4.95. The van der Waals surface area contributed by atoms with Crippen LogP contribution in [-0.2, 0) is 0 Å². The molecule has 180 valence electrons. The second-order valence-electron chi connectivity index (χ2n) is 8.99. The van der Waals surface area contributed by atoms with Gasteiger partial charge >= 0.3 is 11.8 Å². The maximum Gasteiger partial charge on any atom is 0.407 e. The molecular formula is C23H26Cl2N6O3. The molecule has 0 saturated carbocycles. The van der Waals surface area contributed by atoms with E-state index in [0.717, 1.165) is 11.3 Å². The van der Waals surface area contributed by atoms with Gasteiger partial charge in [-0.2, -0.15) is 4.98 Å². The number of fused-ring (bicyclic) bond motifs is 1. The first-order chi connectivity index (χ1) is 16.0. The van der Waals surface area contributed by atoms with Crippen molar-refractivity contribution in [3.63, 3.8) is 0 Å². The summed E-state index contributed by atoms with van der Waals surface area (Å²) in [5, 5.41) is 10.3. The van der Waals surface area contributed by atoms with E-state index in [9.17, 15) is 14.7 Å². The van der Waals surface area contributed by atoms with Gasteiger partial charge in [0, 0.05) is 31.4 Å². The molecule has 34 heavy (non-hydrogen) atoms. The van der Waals surface area contributed by atoms with Crippen LogP contribution in [0.15, 0.2) is 23.1 Å². The molecule has 0 bridgehead atoms. The Hall–Kier alpha value is -2.91. The Balaban J connectivity index is 2.03. The molecule has 1 N–H and O–H groups in total. The maximum atomic E-state index is 13.6. The minimum atomic E-state index is -0.976. The first-order valence-corrected chi connectivity index (χ1v) is 11.8. The first-order valence-electron chi connectivity index (χ1n) is 11.0. The minimum absolute atomic E-state index is 0.0449. The number of rotatable bonds is 3. The molecule has 3 aromatic heterocycles. The van der Waals surface area contributed by atoms with Gasteiger partial charge in [-0.15, -0.1) is 0 Å². The second-order valence-corrected chi connectivity index (χ2v) is 9.76. The van der Waals surface area contributed by atoms with Gasteiger partial charge in [0.2, 0.25) is 0 Å². The number of aromatic nitrogens is 4. The molecule has 4 rings (SSSR count). The smallest absolute Gasteiger partial charge is 0.407 e. The zero-order chi connectivity index (χ0) is 24.9. The van der Waals surface area contributed by atoms with Crippen LogP contribution in [0.3, 0.4) is 0 Å². The van der Waals surface area contributed by atoms with Gasteiger partial charge in [-0.3, -0.25) is 4.98 Å². The summed E-state index contributed by atoms with van der Waals surface area (Å²) in [6.45, 7) is 10.3. The molecule has 2 unspecified atom stereocenters. The fourth-order valence-electron chi connectivity index (χ4n) is 4.66. The van der Waals surface area contributed by atoms with Crippen molar-refractivity contribution in [2.75, 3.05) is 18.0 Å². The normalized spacial score (nSPS) is 18.7. The average molecular weight is 505 g/mol. The van der Waals surface area contributed by atoms with Crippen LogP contribution in [0.4, 0.5) is 10.6 Å². The summed E-state index contributed by atoms with van der Waals surface area (Å²) in [4.78, 5) is 42.0. The molecule has 1 aliphatic heterocycles. The number of anilines is 1. The highest BCUT2D eigenvalue weighted by molar-refractivity contribution is 6.41. The van der Waals surface area contributed by atoms with E-state index >= 15 is 0 Å². The lowest BCUT2D eigenvalue weighted by Gasteiger charge is -2.44. The summed E-state index contributed by atoms with van der Waals surface area (Å²) in [7, 11) is 0. The fraction of sp³-hybridized carbons (Fsp3) is 0.435. The van der Waals surface area contributed by atoms with Crippen molar-refractivity contribution in [1.82, 2.24) is 24.4 Å². The van der Waals surface area contributed by atoms with Crippen LogP contribution in [0.1, 0.15) is 44.9 Å². The van der Waals surface area contributed by atoms with Crippen LogP contribution >= 0.6 is 23.2 Å². The Kier molecular flexibility index (Phi) is 6.44. The monoisotopic (exact) mass is 504 g/mol. The number of carboxylic acid groups (broad SMARTS) is 1. The highest BCUT2D eigenvalue weighted by Gasteiger charge is 2.34. The molecule has 0 aliphatic carbocycles. The number of hydrogen-bond acceptors (Lipinski definition) is 6. The van der Waals surface area contributed by atoms with Crippen LogP contribution in [0.5, 0.6) is 0 Å². The van der Waals surface area contributed by atoms with Gasteiger partial charge in [-0.25, -0.2) is 19.1 Å². The lowest BCUT2D eigenvalue weighted by Crippen LogP contribution is -2.58. The van der Waals surface area contributed by atoms with E-state index in [2.05, 4.69) is 15.0 Å². The maximum absolute atomic E-state index is 13.6. The predicted octanol–water partition coefficient (Wildman–Crippen LogP) is 4.49. The van der Waals surface area contributed by atoms with Gasteiger partial charge in [0.25, 0.3) is 0 Å². The Morgan fingerprint density at radius 2 is 1.82 bits per heavy atom. The number of carbonyl (C=O) groups is 1. The van der Waals surface area contributed by atoms with E-state index in [1.54, 1.807) is 12.3 Å². The summed E-state index contributed by atoms with van der Waals surface area (Å²) in [5.74, 6) is 0.448. The first kappa shape index (κ1) is 24.2.